The van der Waals surface area contributed by atoms with Crippen LogP contribution in [0, 0.1) is 12.7 Å². The highest BCUT2D eigenvalue weighted by molar-refractivity contribution is 5.95. The van der Waals surface area contributed by atoms with E-state index in [9.17, 15) is 14.0 Å². The van der Waals surface area contributed by atoms with Gasteiger partial charge in [0.2, 0.25) is 5.91 Å². The zero-order chi connectivity index (χ0) is 22.9. The number of likely N-dealkylation sites (tertiary alicyclic amines) is 1. The molecule has 2 aliphatic rings. The topological polar surface area (TPSA) is 92.2 Å². The van der Waals surface area contributed by atoms with Crippen molar-refractivity contribution >= 4 is 17.6 Å². The minimum Gasteiger partial charge on any atom is -0.327 e. The number of nitrogens with zero attached hydrogens (tertiary/aromatic N) is 6. The number of rotatable bonds is 4. The first-order chi connectivity index (χ1) is 16.0. The third kappa shape index (κ3) is 4.06. The number of fused-ring (bicyclic) bond motifs is 1. The number of carbonyl (C=O) groups is 2. The van der Waals surface area contributed by atoms with Crippen molar-refractivity contribution in [1.29, 1.82) is 0 Å². The third-order valence-electron chi connectivity index (χ3n) is 6.18. The normalized spacial score (nSPS) is 17.9. The summed E-state index contributed by atoms with van der Waals surface area (Å²) in [4.78, 5) is 46.9. The average molecular weight is 446 g/mol. The van der Waals surface area contributed by atoms with E-state index in [0.717, 1.165) is 24.1 Å². The van der Waals surface area contributed by atoms with Gasteiger partial charge in [-0.25, -0.2) is 19.3 Å². The molecule has 3 aromatic rings. The lowest BCUT2D eigenvalue weighted by Crippen LogP contribution is -2.37. The van der Waals surface area contributed by atoms with Crippen molar-refractivity contribution in [3.05, 3.63) is 77.0 Å². The molecular formula is C24H23FN6O2. The van der Waals surface area contributed by atoms with E-state index in [2.05, 4.69) is 9.97 Å². The van der Waals surface area contributed by atoms with Gasteiger partial charge in [-0.05, 0) is 43.9 Å². The van der Waals surface area contributed by atoms with Gasteiger partial charge in [0.1, 0.15) is 17.3 Å². The molecule has 2 aromatic heterocycles. The molecule has 8 nitrogen and oxygen atoms in total. The second-order valence-electron chi connectivity index (χ2n) is 8.33. The maximum absolute atomic E-state index is 13.7. The van der Waals surface area contributed by atoms with Crippen LogP contribution in [-0.4, -0.2) is 43.2 Å². The summed E-state index contributed by atoms with van der Waals surface area (Å²) in [7, 11) is 0. The highest BCUT2D eigenvalue weighted by atomic mass is 19.1. The minimum atomic E-state index is -0.346. The Bertz CT molecular complexity index is 1220. The fourth-order valence-corrected chi connectivity index (χ4v) is 4.57. The van der Waals surface area contributed by atoms with E-state index in [1.54, 1.807) is 21.9 Å². The Morgan fingerprint density at radius 3 is 2.88 bits per heavy atom. The fraction of sp³-hybridized carbons (Fsp3) is 0.333. The van der Waals surface area contributed by atoms with Gasteiger partial charge >= 0.3 is 0 Å². The largest absolute Gasteiger partial charge is 0.327 e. The smallest absolute Gasteiger partial charge is 0.274 e. The Balaban J connectivity index is 1.50. The molecule has 168 valence electrons. The van der Waals surface area contributed by atoms with E-state index < -0.39 is 0 Å². The van der Waals surface area contributed by atoms with Crippen LogP contribution in [0.15, 0.2) is 42.9 Å². The zero-order valence-electron chi connectivity index (χ0n) is 18.2. The van der Waals surface area contributed by atoms with Gasteiger partial charge in [-0.2, -0.15) is 0 Å². The molecule has 9 heteroatoms. The second kappa shape index (κ2) is 8.65. The molecule has 0 N–H and O–H groups in total. The van der Waals surface area contributed by atoms with E-state index >= 15 is 0 Å². The molecular weight excluding hydrogens is 423 g/mol. The summed E-state index contributed by atoms with van der Waals surface area (Å²) in [5, 5.41) is 0. The summed E-state index contributed by atoms with van der Waals surface area (Å²) in [6, 6.07) is 5.91. The molecule has 1 unspecified atom stereocenters. The van der Waals surface area contributed by atoms with Gasteiger partial charge in [-0.3, -0.25) is 19.5 Å². The summed E-state index contributed by atoms with van der Waals surface area (Å²) in [5.41, 5.74) is 2.68. The molecule has 0 bridgehead atoms. The van der Waals surface area contributed by atoms with Crippen LogP contribution in [0.4, 0.5) is 10.2 Å². The first-order valence-corrected chi connectivity index (χ1v) is 11.0. The highest BCUT2D eigenvalue weighted by Crippen LogP contribution is 2.35. The number of hydrogen-bond donors (Lipinski definition) is 0. The minimum absolute atomic E-state index is 0.0604. The lowest BCUT2D eigenvalue weighted by atomic mass is 10.0. The Labute approximate surface area is 190 Å². The van der Waals surface area contributed by atoms with E-state index in [-0.39, 0.29) is 35.9 Å². The van der Waals surface area contributed by atoms with Gasteiger partial charge in [0.05, 0.1) is 18.8 Å². The molecule has 0 saturated carbocycles. The Hall–Kier alpha value is -3.75. The first-order valence-electron chi connectivity index (χ1n) is 11.0. The fourth-order valence-electron chi connectivity index (χ4n) is 4.57. The van der Waals surface area contributed by atoms with Crippen molar-refractivity contribution in [2.75, 3.05) is 11.4 Å². The molecule has 1 aromatic carbocycles. The lowest BCUT2D eigenvalue weighted by Gasteiger charge is -2.31. The van der Waals surface area contributed by atoms with Crippen molar-refractivity contribution in [2.24, 2.45) is 0 Å². The number of hydrogen-bond acceptors (Lipinski definition) is 6. The molecule has 0 radical (unpaired) electrons. The van der Waals surface area contributed by atoms with Crippen LogP contribution in [0.5, 0.6) is 0 Å². The summed E-state index contributed by atoms with van der Waals surface area (Å²) in [6.45, 7) is 2.71. The standard InChI is InChI=1S/C24H23FN6O2/c1-15-18-7-8-21(32)31(14-16-4-2-5-17(25)12-16)23(18)29-22(28-15)20-6-3-11-30(20)24(33)19-13-26-9-10-27-19/h2,4-5,9-10,12-13,20H,3,6-8,11,14H2,1H3. The van der Waals surface area contributed by atoms with Gasteiger partial charge < -0.3 is 4.90 Å². The van der Waals surface area contributed by atoms with Gasteiger partial charge in [0.25, 0.3) is 5.91 Å². The number of anilines is 1. The van der Waals surface area contributed by atoms with Gasteiger partial charge in [0, 0.05) is 36.6 Å². The highest BCUT2D eigenvalue weighted by Gasteiger charge is 2.36. The van der Waals surface area contributed by atoms with Crippen LogP contribution in [0.3, 0.4) is 0 Å². The second-order valence-corrected chi connectivity index (χ2v) is 8.33. The van der Waals surface area contributed by atoms with Gasteiger partial charge in [-0.1, -0.05) is 12.1 Å². The van der Waals surface area contributed by atoms with Crippen LogP contribution in [0.1, 0.15) is 58.4 Å². The van der Waals surface area contributed by atoms with Crippen LogP contribution >= 0.6 is 0 Å². The maximum Gasteiger partial charge on any atom is 0.274 e. The van der Waals surface area contributed by atoms with E-state index in [1.165, 1.54) is 30.7 Å². The monoisotopic (exact) mass is 446 g/mol. The SMILES string of the molecule is Cc1nc(C2CCCN2C(=O)c2cnccn2)nc2c1CCC(=O)N2Cc1cccc(F)c1. The van der Waals surface area contributed by atoms with Crippen molar-refractivity contribution in [1.82, 2.24) is 24.8 Å². The molecule has 0 aliphatic carbocycles. The van der Waals surface area contributed by atoms with Crippen LogP contribution in [0.2, 0.25) is 0 Å². The van der Waals surface area contributed by atoms with Crippen LogP contribution in [0.25, 0.3) is 0 Å². The molecule has 5 rings (SSSR count). The molecule has 2 amide bonds. The number of benzene rings is 1. The molecule has 33 heavy (non-hydrogen) atoms. The van der Waals surface area contributed by atoms with E-state index in [1.807, 2.05) is 6.92 Å². The first kappa shape index (κ1) is 21.1. The summed E-state index contributed by atoms with van der Waals surface area (Å²) in [6.07, 6.45) is 6.94. The summed E-state index contributed by atoms with van der Waals surface area (Å²) in [5.74, 6) is 0.449. The Kier molecular flexibility index (Phi) is 5.53. The number of aromatic nitrogens is 4. The zero-order valence-corrected chi connectivity index (χ0v) is 18.2. The molecule has 2 aliphatic heterocycles. The van der Waals surface area contributed by atoms with Crippen molar-refractivity contribution in [3.63, 3.8) is 0 Å². The summed E-state index contributed by atoms with van der Waals surface area (Å²) < 4.78 is 13.7. The predicted molar refractivity (Wildman–Crippen MR) is 118 cm³/mol. The maximum atomic E-state index is 13.7. The number of aryl methyl sites for hydroxylation is 1. The number of carbonyl (C=O) groups excluding carboxylic acids is 2. The van der Waals surface area contributed by atoms with E-state index in [4.69, 9.17) is 9.97 Å². The van der Waals surface area contributed by atoms with Crippen LogP contribution in [-0.2, 0) is 17.8 Å². The average Bonchev–Trinajstić information content (AvgIpc) is 3.31. The van der Waals surface area contributed by atoms with Gasteiger partial charge in [-0.15, -0.1) is 0 Å². The molecule has 1 atom stereocenters. The lowest BCUT2D eigenvalue weighted by molar-refractivity contribution is -0.119. The molecule has 4 heterocycles. The van der Waals surface area contributed by atoms with E-state index in [0.29, 0.717) is 36.6 Å². The van der Waals surface area contributed by atoms with Crippen molar-refractivity contribution in [3.8, 4) is 0 Å². The Morgan fingerprint density at radius 1 is 1.21 bits per heavy atom. The Morgan fingerprint density at radius 2 is 2.09 bits per heavy atom. The summed E-state index contributed by atoms with van der Waals surface area (Å²) >= 11 is 0. The predicted octanol–water partition coefficient (Wildman–Crippen LogP) is 3.17. The molecule has 1 fully saturated rings. The van der Waals surface area contributed by atoms with Gasteiger partial charge in [0.15, 0.2) is 5.82 Å². The number of halogens is 1. The molecule has 1 saturated heterocycles. The quantitative estimate of drug-likeness (QED) is 0.611. The van der Waals surface area contributed by atoms with Crippen LogP contribution < -0.4 is 4.90 Å². The van der Waals surface area contributed by atoms with Crippen molar-refractivity contribution in [2.45, 2.75) is 45.2 Å². The number of amides is 2. The third-order valence-corrected chi connectivity index (χ3v) is 6.18. The van der Waals surface area contributed by atoms with Crippen molar-refractivity contribution < 1.29 is 14.0 Å². The molecule has 0 spiro atoms.